The van der Waals surface area contributed by atoms with Gasteiger partial charge in [0.05, 0.1) is 11.6 Å². The molecule has 1 aromatic heterocycles. The van der Waals surface area contributed by atoms with Gasteiger partial charge in [-0.2, -0.15) is 5.26 Å². The van der Waals surface area contributed by atoms with Gasteiger partial charge >= 0.3 is 0 Å². The maximum atomic E-state index is 14.1. The summed E-state index contributed by atoms with van der Waals surface area (Å²) in [6.45, 7) is 4.18. The first-order chi connectivity index (χ1) is 13.6. The van der Waals surface area contributed by atoms with E-state index in [1.807, 2.05) is 4.90 Å². The van der Waals surface area contributed by atoms with Gasteiger partial charge in [-0.1, -0.05) is 0 Å². The predicted molar refractivity (Wildman–Crippen MR) is 102 cm³/mol. The minimum Gasteiger partial charge on any atom is -0.335 e. The van der Waals surface area contributed by atoms with E-state index in [0.29, 0.717) is 24.2 Å². The van der Waals surface area contributed by atoms with E-state index < -0.39 is 0 Å². The molecule has 1 aliphatic heterocycles. The molecule has 7 heteroatoms. The van der Waals surface area contributed by atoms with Crippen molar-refractivity contribution in [1.29, 1.82) is 5.26 Å². The molecule has 6 nitrogen and oxygen atoms in total. The second-order valence-electron chi connectivity index (χ2n) is 7.17. The molecule has 28 heavy (non-hydrogen) atoms. The molecule has 1 amide bonds. The van der Waals surface area contributed by atoms with Crippen molar-refractivity contribution in [3.63, 3.8) is 0 Å². The van der Waals surface area contributed by atoms with E-state index in [4.69, 9.17) is 5.26 Å². The van der Waals surface area contributed by atoms with Crippen LogP contribution in [0.4, 0.5) is 4.39 Å². The number of hydrogen-bond acceptors (Lipinski definition) is 5. The van der Waals surface area contributed by atoms with E-state index in [0.717, 1.165) is 37.9 Å². The fourth-order valence-corrected chi connectivity index (χ4v) is 3.72. The number of aromatic nitrogens is 2. The van der Waals surface area contributed by atoms with Crippen LogP contribution in [0.15, 0.2) is 36.9 Å². The molecule has 1 atom stereocenters. The lowest BCUT2D eigenvalue weighted by molar-refractivity contribution is -0.132. The standard InChI is InChI=1S/C21H24FN5O/c1-16(28)27(13-18-11-24-15-25-12-18)20-3-2-7-26(8-6-20)14-19-9-17(10-23)4-5-21(19)22/h4-5,9,11-12,15,20H,2-3,6-8,13-14H2,1H3. The fraction of sp³-hybridized carbons (Fsp3) is 0.429. The van der Waals surface area contributed by atoms with Crippen LogP contribution in [0.25, 0.3) is 0 Å². The highest BCUT2D eigenvalue weighted by Gasteiger charge is 2.25. The summed E-state index contributed by atoms with van der Waals surface area (Å²) in [6, 6.07) is 6.67. The Bertz CT molecular complexity index is 852. The van der Waals surface area contributed by atoms with Gasteiger partial charge in [0.2, 0.25) is 5.91 Å². The van der Waals surface area contributed by atoms with Crippen molar-refractivity contribution in [3.05, 3.63) is 59.4 Å². The first-order valence-electron chi connectivity index (χ1n) is 9.49. The van der Waals surface area contributed by atoms with Crippen LogP contribution in [0.1, 0.15) is 42.9 Å². The van der Waals surface area contributed by atoms with Crippen molar-refractivity contribution in [2.75, 3.05) is 13.1 Å². The quantitative estimate of drug-likeness (QED) is 0.796. The first-order valence-corrected chi connectivity index (χ1v) is 9.49. The van der Waals surface area contributed by atoms with E-state index in [-0.39, 0.29) is 17.8 Å². The van der Waals surface area contributed by atoms with Crippen molar-refractivity contribution < 1.29 is 9.18 Å². The first kappa shape index (κ1) is 19.9. The highest BCUT2D eigenvalue weighted by atomic mass is 19.1. The van der Waals surface area contributed by atoms with Crippen LogP contribution >= 0.6 is 0 Å². The lowest BCUT2D eigenvalue weighted by Gasteiger charge is -2.30. The summed E-state index contributed by atoms with van der Waals surface area (Å²) in [4.78, 5) is 24.4. The Kier molecular flexibility index (Phi) is 6.66. The van der Waals surface area contributed by atoms with Gasteiger partial charge in [0, 0.05) is 56.1 Å². The molecule has 0 aliphatic carbocycles. The Morgan fingerprint density at radius 2 is 2.11 bits per heavy atom. The number of hydrogen-bond donors (Lipinski definition) is 0. The average Bonchev–Trinajstić information content (AvgIpc) is 2.94. The Labute approximate surface area is 164 Å². The molecule has 2 heterocycles. The zero-order valence-corrected chi connectivity index (χ0v) is 16.0. The Morgan fingerprint density at radius 1 is 1.32 bits per heavy atom. The van der Waals surface area contributed by atoms with Crippen molar-refractivity contribution >= 4 is 5.91 Å². The van der Waals surface area contributed by atoms with Crippen molar-refractivity contribution in [1.82, 2.24) is 19.8 Å². The maximum absolute atomic E-state index is 14.1. The number of halogens is 1. The molecule has 0 saturated carbocycles. The van der Waals surface area contributed by atoms with Crippen molar-refractivity contribution in [2.45, 2.75) is 45.3 Å². The summed E-state index contributed by atoms with van der Waals surface area (Å²) in [5.41, 5.74) is 1.92. The molecule has 1 aliphatic rings. The molecule has 3 rings (SSSR count). The van der Waals surface area contributed by atoms with Crippen LogP contribution in [-0.4, -0.2) is 44.8 Å². The average molecular weight is 381 g/mol. The fourth-order valence-electron chi connectivity index (χ4n) is 3.72. The van der Waals surface area contributed by atoms with Gasteiger partial charge in [-0.25, -0.2) is 14.4 Å². The predicted octanol–water partition coefficient (Wildman–Crippen LogP) is 2.89. The minimum absolute atomic E-state index is 0.0371. The molecule has 2 aromatic rings. The normalized spacial score (nSPS) is 17.5. The van der Waals surface area contributed by atoms with Gasteiger partial charge < -0.3 is 4.90 Å². The molecule has 1 unspecified atom stereocenters. The Hall–Kier alpha value is -2.85. The van der Waals surface area contributed by atoms with Crippen molar-refractivity contribution in [3.8, 4) is 6.07 Å². The minimum atomic E-state index is -0.283. The van der Waals surface area contributed by atoms with Gasteiger partial charge in [0.1, 0.15) is 12.1 Å². The van der Waals surface area contributed by atoms with E-state index in [2.05, 4.69) is 20.9 Å². The SMILES string of the molecule is CC(=O)N(Cc1cncnc1)C1CCCN(Cc2cc(C#N)ccc2F)CC1. The molecule has 0 N–H and O–H groups in total. The van der Waals surface area contributed by atoms with Crippen LogP contribution in [0.5, 0.6) is 0 Å². The van der Waals surface area contributed by atoms with E-state index in [9.17, 15) is 9.18 Å². The topological polar surface area (TPSA) is 73.1 Å². The third kappa shape index (κ3) is 5.11. The second-order valence-corrected chi connectivity index (χ2v) is 7.17. The van der Waals surface area contributed by atoms with E-state index >= 15 is 0 Å². The molecule has 1 aromatic carbocycles. The number of likely N-dealkylation sites (tertiary alicyclic amines) is 1. The number of carbonyl (C=O) groups excluding carboxylic acids is 1. The summed E-state index contributed by atoms with van der Waals surface area (Å²) in [7, 11) is 0. The van der Waals surface area contributed by atoms with Crippen molar-refractivity contribution in [2.24, 2.45) is 0 Å². The van der Waals surface area contributed by atoms with E-state index in [1.165, 1.54) is 18.5 Å². The largest absolute Gasteiger partial charge is 0.335 e. The van der Waals surface area contributed by atoms with Gasteiger partial charge in [0.25, 0.3) is 0 Å². The highest BCUT2D eigenvalue weighted by molar-refractivity contribution is 5.73. The lowest BCUT2D eigenvalue weighted by Crippen LogP contribution is -2.39. The number of nitriles is 1. The van der Waals surface area contributed by atoms with Gasteiger partial charge in [-0.15, -0.1) is 0 Å². The molecule has 1 saturated heterocycles. The molecule has 146 valence electrons. The summed E-state index contributed by atoms with van der Waals surface area (Å²) in [5, 5.41) is 9.04. The molecule has 1 fully saturated rings. The number of nitrogens with zero attached hydrogens (tertiary/aromatic N) is 5. The highest BCUT2D eigenvalue weighted by Crippen LogP contribution is 2.21. The maximum Gasteiger partial charge on any atom is 0.219 e. The zero-order valence-electron chi connectivity index (χ0n) is 16.0. The number of benzene rings is 1. The number of carbonyl (C=O) groups is 1. The van der Waals surface area contributed by atoms with Gasteiger partial charge in [-0.3, -0.25) is 9.69 Å². The third-order valence-electron chi connectivity index (χ3n) is 5.17. The summed E-state index contributed by atoms with van der Waals surface area (Å²) < 4.78 is 14.1. The number of rotatable bonds is 5. The summed E-state index contributed by atoms with van der Waals surface area (Å²) in [5.74, 6) is -0.246. The third-order valence-corrected chi connectivity index (χ3v) is 5.17. The molecular formula is C21H24FN5O. The smallest absolute Gasteiger partial charge is 0.219 e. The van der Waals surface area contributed by atoms with Gasteiger partial charge in [-0.05, 0) is 44.0 Å². The zero-order chi connectivity index (χ0) is 19.9. The molecular weight excluding hydrogens is 357 g/mol. The summed E-state index contributed by atoms with van der Waals surface area (Å²) in [6.07, 6.45) is 7.61. The lowest BCUT2D eigenvalue weighted by atomic mass is 10.1. The van der Waals surface area contributed by atoms with E-state index in [1.54, 1.807) is 25.4 Å². The number of amides is 1. The molecule has 0 bridgehead atoms. The molecule has 0 radical (unpaired) electrons. The van der Waals surface area contributed by atoms with Crippen LogP contribution in [-0.2, 0) is 17.9 Å². The van der Waals surface area contributed by atoms with Gasteiger partial charge in [0.15, 0.2) is 0 Å². The van der Waals surface area contributed by atoms with Crippen LogP contribution in [0.2, 0.25) is 0 Å². The summed E-state index contributed by atoms with van der Waals surface area (Å²) >= 11 is 0. The Morgan fingerprint density at radius 3 is 2.82 bits per heavy atom. The monoisotopic (exact) mass is 381 g/mol. The van der Waals surface area contributed by atoms with Crippen LogP contribution in [0.3, 0.4) is 0 Å². The second kappa shape index (κ2) is 9.38. The van der Waals surface area contributed by atoms with Crippen LogP contribution in [0, 0.1) is 17.1 Å². The Balaban J connectivity index is 1.65. The molecule has 0 spiro atoms. The van der Waals surface area contributed by atoms with Crippen LogP contribution < -0.4 is 0 Å².